The van der Waals surface area contributed by atoms with Crippen molar-refractivity contribution in [2.24, 2.45) is 5.92 Å². The predicted molar refractivity (Wildman–Crippen MR) is 96.9 cm³/mol. The van der Waals surface area contributed by atoms with Crippen molar-refractivity contribution >= 4 is 28.1 Å². The zero-order chi connectivity index (χ0) is 17.7. The van der Waals surface area contributed by atoms with Crippen molar-refractivity contribution in [3.63, 3.8) is 0 Å². The van der Waals surface area contributed by atoms with E-state index in [0.717, 1.165) is 25.9 Å². The van der Waals surface area contributed by atoms with E-state index >= 15 is 0 Å². The molecule has 1 fully saturated rings. The Morgan fingerprint density at radius 2 is 2.00 bits per heavy atom. The summed E-state index contributed by atoms with van der Waals surface area (Å²) in [7, 11) is -2.39. The molecular weight excluding hydrogens is 370 g/mol. The smallest absolute Gasteiger partial charge is 0.310 e. The molecule has 2 rings (SSSR count). The number of nitro groups is 1. The topological polar surface area (TPSA) is 102 Å². The number of hydrogen-bond donors (Lipinski definition) is 1. The van der Waals surface area contributed by atoms with E-state index in [0.29, 0.717) is 19.0 Å². The molecule has 1 N–H and O–H groups in total. The van der Waals surface area contributed by atoms with Crippen molar-refractivity contribution in [3.8, 4) is 5.75 Å². The van der Waals surface area contributed by atoms with Gasteiger partial charge in [0.2, 0.25) is 10.0 Å². The van der Waals surface area contributed by atoms with Crippen molar-refractivity contribution in [2.75, 3.05) is 33.3 Å². The Morgan fingerprint density at radius 1 is 1.36 bits per heavy atom. The molecule has 25 heavy (non-hydrogen) atoms. The number of nitro benzene ring substituents is 1. The van der Waals surface area contributed by atoms with Crippen LogP contribution in [0.25, 0.3) is 0 Å². The van der Waals surface area contributed by atoms with Gasteiger partial charge in [0.15, 0.2) is 5.75 Å². The van der Waals surface area contributed by atoms with Crippen molar-refractivity contribution in [3.05, 3.63) is 28.3 Å². The number of ether oxygens (including phenoxy) is 1. The number of nitrogens with one attached hydrogen (secondary N) is 1. The Hall–Kier alpha value is -1.42. The van der Waals surface area contributed by atoms with Gasteiger partial charge in [0.1, 0.15) is 0 Å². The van der Waals surface area contributed by atoms with Gasteiger partial charge in [0.25, 0.3) is 0 Å². The highest BCUT2D eigenvalue weighted by atomic mass is 35.5. The predicted octanol–water partition coefficient (Wildman–Crippen LogP) is 2.04. The summed E-state index contributed by atoms with van der Waals surface area (Å²) in [5.74, 6) is 0.422. The zero-order valence-corrected chi connectivity index (χ0v) is 15.9. The van der Waals surface area contributed by atoms with Gasteiger partial charge >= 0.3 is 5.69 Å². The lowest BCUT2D eigenvalue weighted by molar-refractivity contribution is -0.385. The standard InChI is InChI=1S/C15H23N3O5S.ClH/c1-3-16-11-12-6-8-17(9-7-12)24(21,22)13-4-5-14(18(19)20)15(10-13)23-2;/h4-5,10,12,16H,3,6-9,11H2,1-2H3;1H. The van der Waals surface area contributed by atoms with Crippen LogP contribution in [0.2, 0.25) is 0 Å². The van der Waals surface area contributed by atoms with Gasteiger partial charge in [0, 0.05) is 25.2 Å². The van der Waals surface area contributed by atoms with Gasteiger partial charge in [-0.25, -0.2) is 8.42 Å². The minimum absolute atomic E-state index is 0. The quantitative estimate of drug-likeness (QED) is 0.561. The van der Waals surface area contributed by atoms with Crippen LogP contribution in [-0.4, -0.2) is 50.9 Å². The van der Waals surface area contributed by atoms with E-state index in [1.54, 1.807) is 0 Å². The number of piperidine rings is 1. The molecule has 142 valence electrons. The van der Waals surface area contributed by atoms with Gasteiger partial charge in [0.05, 0.1) is 16.9 Å². The van der Waals surface area contributed by atoms with Crippen LogP contribution < -0.4 is 10.1 Å². The molecule has 10 heteroatoms. The molecule has 0 bridgehead atoms. The molecule has 0 radical (unpaired) electrons. The van der Waals surface area contributed by atoms with E-state index in [1.165, 1.54) is 29.6 Å². The second kappa shape index (κ2) is 9.33. The fourth-order valence-electron chi connectivity index (χ4n) is 2.82. The van der Waals surface area contributed by atoms with Gasteiger partial charge in [-0.15, -0.1) is 12.4 Å². The normalized spacial score (nSPS) is 16.2. The SMILES string of the molecule is CCNCC1CCN(S(=O)(=O)c2ccc([N+](=O)[O-])c(OC)c2)CC1.Cl. The van der Waals surface area contributed by atoms with E-state index in [9.17, 15) is 18.5 Å². The maximum Gasteiger partial charge on any atom is 0.310 e. The lowest BCUT2D eigenvalue weighted by Crippen LogP contribution is -2.40. The van der Waals surface area contributed by atoms with E-state index in [-0.39, 0.29) is 28.7 Å². The maximum atomic E-state index is 12.7. The van der Waals surface area contributed by atoms with Gasteiger partial charge in [-0.05, 0) is 37.9 Å². The molecule has 1 aliphatic heterocycles. The monoisotopic (exact) mass is 393 g/mol. The van der Waals surface area contributed by atoms with Gasteiger partial charge in [-0.1, -0.05) is 6.92 Å². The maximum absolute atomic E-state index is 12.7. The molecule has 0 saturated carbocycles. The molecule has 1 aliphatic rings. The fraction of sp³-hybridized carbons (Fsp3) is 0.600. The summed E-state index contributed by atoms with van der Waals surface area (Å²) in [4.78, 5) is 10.4. The molecule has 1 heterocycles. The fourth-order valence-corrected chi connectivity index (χ4v) is 4.31. The van der Waals surface area contributed by atoms with E-state index < -0.39 is 14.9 Å². The molecule has 8 nitrogen and oxygen atoms in total. The van der Waals surface area contributed by atoms with E-state index in [4.69, 9.17) is 4.74 Å². The second-order valence-corrected chi connectivity index (χ2v) is 7.68. The third kappa shape index (κ3) is 5.04. The van der Waals surface area contributed by atoms with E-state index in [2.05, 4.69) is 5.32 Å². The summed E-state index contributed by atoms with van der Waals surface area (Å²) >= 11 is 0. The first-order valence-corrected chi connectivity index (χ1v) is 9.37. The molecule has 0 atom stereocenters. The van der Waals surface area contributed by atoms with Crippen LogP contribution in [0.3, 0.4) is 0 Å². The first-order valence-electron chi connectivity index (χ1n) is 7.93. The Bertz CT molecular complexity index is 690. The largest absolute Gasteiger partial charge is 0.490 e. The van der Waals surface area contributed by atoms with Crippen LogP contribution in [-0.2, 0) is 10.0 Å². The third-order valence-electron chi connectivity index (χ3n) is 4.24. The molecule has 1 saturated heterocycles. The number of sulfonamides is 1. The lowest BCUT2D eigenvalue weighted by atomic mass is 9.98. The zero-order valence-electron chi connectivity index (χ0n) is 14.3. The number of hydrogen-bond acceptors (Lipinski definition) is 6. The molecule has 1 aromatic carbocycles. The molecule has 0 unspecified atom stereocenters. The Labute approximate surface area is 154 Å². The summed E-state index contributed by atoms with van der Waals surface area (Å²) in [5.41, 5.74) is -0.249. The molecule has 0 spiro atoms. The summed E-state index contributed by atoms with van der Waals surface area (Å²) in [6, 6.07) is 3.66. The van der Waals surface area contributed by atoms with Crippen LogP contribution in [0.5, 0.6) is 5.75 Å². The number of rotatable bonds is 7. The van der Waals surface area contributed by atoms with E-state index in [1.807, 2.05) is 6.92 Å². The number of benzene rings is 1. The first kappa shape index (κ1) is 21.6. The summed E-state index contributed by atoms with van der Waals surface area (Å²) < 4.78 is 31.9. The molecule has 0 amide bonds. The highest BCUT2D eigenvalue weighted by Crippen LogP contribution is 2.31. The van der Waals surface area contributed by atoms with Crippen LogP contribution in [0, 0.1) is 16.0 Å². The third-order valence-corrected chi connectivity index (χ3v) is 6.14. The van der Waals surface area contributed by atoms with Crippen LogP contribution in [0.15, 0.2) is 23.1 Å². The summed E-state index contributed by atoms with van der Waals surface area (Å²) in [6.45, 7) is 4.76. The number of nitrogens with zero attached hydrogens (tertiary/aromatic N) is 2. The van der Waals surface area contributed by atoms with Crippen molar-refractivity contribution < 1.29 is 18.1 Å². The lowest BCUT2D eigenvalue weighted by Gasteiger charge is -2.31. The molecule has 0 aliphatic carbocycles. The van der Waals surface area contributed by atoms with Gasteiger partial charge in [-0.2, -0.15) is 4.31 Å². The first-order chi connectivity index (χ1) is 11.4. The number of methoxy groups -OCH3 is 1. The van der Waals surface area contributed by atoms with Crippen LogP contribution >= 0.6 is 12.4 Å². The van der Waals surface area contributed by atoms with Crippen LogP contribution in [0.4, 0.5) is 5.69 Å². The van der Waals surface area contributed by atoms with Gasteiger partial charge < -0.3 is 10.1 Å². The summed E-state index contributed by atoms with van der Waals surface area (Å²) in [6.07, 6.45) is 1.60. The molecule has 0 aromatic heterocycles. The highest BCUT2D eigenvalue weighted by Gasteiger charge is 2.30. The Kier molecular flexibility index (Phi) is 8.07. The molecular formula is C15H24ClN3O5S. The minimum Gasteiger partial charge on any atom is -0.490 e. The average molecular weight is 394 g/mol. The van der Waals surface area contributed by atoms with Gasteiger partial charge in [-0.3, -0.25) is 10.1 Å². The summed E-state index contributed by atoms with van der Waals surface area (Å²) in [5, 5.41) is 14.2. The Balaban J connectivity index is 0.00000312. The second-order valence-electron chi connectivity index (χ2n) is 5.75. The minimum atomic E-state index is -3.67. The molecule has 1 aromatic rings. The van der Waals surface area contributed by atoms with Crippen molar-refractivity contribution in [2.45, 2.75) is 24.7 Å². The average Bonchev–Trinajstić information content (AvgIpc) is 2.59. The van der Waals surface area contributed by atoms with Crippen LogP contribution in [0.1, 0.15) is 19.8 Å². The van der Waals surface area contributed by atoms with Crippen molar-refractivity contribution in [1.29, 1.82) is 0 Å². The highest BCUT2D eigenvalue weighted by molar-refractivity contribution is 7.89. The number of halogens is 1. The Morgan fingerprint density at radius 3 is 2.52 bits per heavy atom. The van der Waals surface area contributed by atoms with Crippen molar-refractivity contribution in [1.82, 2.24) is 9.62 Å².